The lowest BCUT2D eigenvalue weighted by Gasteiger charge is -2.10. The van der Waals surface area contributed by atoms with Crippen molar-refractivity contribution < 1.29 is 10.7 Å². The molecule has 0 aliphatic rings. The molecule has 0 saturated heterocycles. The van der Waals surface area contributed by atoms with E-state index in [1.807, 2.05) is 19.1 Å². The van der Waals surface area contributed by atoms with Crippen LogP contribution in [0.3, 0.4) is 0 Å². The zero-order valence-electron chi connectivity index (χ0n) is 14.0. The summed E-state index contributed by atoms with van der Waals surface area (Å²) < 4.78 is 6.58. The number of aryl methyl sites for hydroxylation is 2. The van der Waals surface area contributed by atoms with E-state index in [0.29, 0.717) is 28.9 Å². The van der Waals surface area contributed by atoms with Gasteiger partial charge in [-0.05, 0) is 24.6 Å². The molecule has 2 heterocycles. The van der Waals surface area contributed by atoms with E-state index in [9.17, 15) is 4.79 Å². The van der Waals surface area contributed by atoms with Gasteiger partial charge in [0.25, 0.3) is 5.91 Å². The maximum Gasteiger partial charge on any atom is 0.274 e. The minimum Gasteiger partial charge on any atom is -0.339 e. The average molecular weight is 337 g/mol. The summed E-state index contributed by atoms with van der Waals surface area (Å²) in [5.41, 5.74) is 2.68. The van der Waals surface area contributed by atoms with Crippen molar-refractivity contribution in [2.45, 2.75) is 13.8 Å². The summed E-state index contributed by atoms with van der Waals surface area (Å²) in [6, 6.07) is 5.57. The van der Waals surface area contributed by atoms with Gasteiger partial charge in [-0.1, -0.05) is 30.4 Å². The lowest BCUT2D eigenvalue weighted by molar-refractivity contribution is 0.102. The van der Waals surface area contributed by atoms with E-state index in [1.54, 1.807) is 23.6 Å². The van der Waals surface area contributed by atoms with Gasteiger partial charge in [0.1, 0.15) is 11.5 Å². The number of hydrogen-bond donors (Lipinski definition) is 1. The first-order valence-electron chi connectivity index (χ1n) is 7.58. The van der Waals surface area contributed by atoms with Crippen molar-refractivity contribution in [3.63, 3.8) is 0 Å². The smallest absolute Gasteiger partial charge is 0.274 e. The van der Waals surface area contributed by atoms with Crippen LogP contribution in [0.1, 0.15) is 29.2 Å². The minimum absolute atomic E-state index is 0. The maximum absolute atomic E-state index is 12.6. The van der Waals surface area contributed by atoms with Crippen LogP contribution in [0.15, 0.2) is 42.1 Å². The van der Waals surface area contributed by atoms with Crippen LogP contribution in [0.5, 0.6) is 0 Å². The van der Waals surface area contributed by atoms with Gasteiger partial charge in [-0.15, -0.1) is 0 Å². The number of hydrogen-bond acceptors (Lipinski definition) is 5. The van der Waals surface area contributed by atoms with Gasteiger partial charge in [-0.25, -0.2) is 4.98 Å². The van der Waals surface area contributed by atoms with Crippen molar-refractivity contribution in [2.75, 3.05) is 5.32 Å². The summed E-state index contributed by atoms with van der Waals surface area (Å²) in [5.74, 6) is 1.20. The first-order chi connectivity index (χ1) is 12.0. The second-order valence-corrected chi connectivity index (χ2v) is 5.38. The monoisotopic (exact) mass is 337 g/mol. The fraction of sp³-hybridized carbons (Fsp3) is 0.111. The SMILES string of the molecule is C=Cc1ncc(C(=O)Nc2cc(-c3noc(C)n3)ccc2C)n1C=C.[HH]. The number of imidazole rings is 1. The van der Waals surface area contributed by atoms with E-state index < -0.39 is 0 Å². The Bertz CT molecular complexity index is 974. The lowest BCUT2D eigenvalue weighted by Crippen LogP contribution is -2.16. The van der Waals surface area contributed by atoms with Gasteiger partial charge in [-0.2, -0.15) is 4.98 Å². The van der Waals surface area contributed by atoms with Crippen LogP contribution in [0.4, 0.5) is 5.69 Å². The van der Waals surface area contributed by atoms with E-state index in [4.69, 9.17) is 4.52 Å². The number of anilines is 1. The number of carbonyl (C=O) groups is 1. The highest BCUT2D eigenvalue weighted by Gasteiger charge is 2.16. The van der Waals surface area contributed by atoms with Gasteiger partial charge in [0, 0.05) is 25.8 Å². The van der Waals surface area contributed by atoms with E-state index >= 15 is 0 Å². The molecule has 0 spiro atoms. The molecule has 0 fully saturated rings. The first-order valence-corrected chi connectivity index (χ1v) is 7.58. The molecule has 0 unspecified atom stereocenters. The van der Waals surface area contributed by atoms with Gasteiger partial charge < -0.3 is 9.84 Å². The molecule has 0 aliphatic carbocycles. The molecule has 7 nitrogen and oxygen atoms in total. The molecule has 7 heteroatoms. The summed E-state index contributed by atoms with van der Waals surface area (Å²) in [6.45, 7) is 11.0. The normalized spacial score (nSPS) is 10.5. The Morgan fingerprint density at radius 3 is 2.80 bits per heavy atom. The van der Waals surface area contributed by atoms with Crippen LogP contribution in [0.25, 0.3) is 23.7 Å². The van der Waals surface area contributed by atoms with Crippen LogP contribution >= 0.6 is 0 Å². The van der Waals surface area contributed by atoms with Gasteiger partial charge in [-0.3, -0.25) is 9.36 Å². The summed E-state index contributed by atoms with van der Waals surface area (Å²) in [7, 11) is 0. The number of rotatable bonds is 5. The summed E-state index contributed by atoms with van der Waals surface area (Å²) in [6.07, 6.45) is 4.56. The van der Waals surface area contributed by atoms with E-state index in [-0.39, 0.29) is 7.33 Å². The Balaban J connectivity index is 0.00000243. The number of carbonyl (C=O) groups excluding carboxylic acids is 1. The fourth-order valence-corrected chi connectivity index (χ4v) is 2.38. The fourth-order valence-electron chi connectivity index (χ4n) is 2.38. The Morgan fingerprint density at radius 1 is 1.36 bits per heavy atom. The third kappa shape index (κ3) is 3.12. The van der Waals surface area contributed by atoms with Crippen molar-refractivity contribution in [1.29, 1.82) is 0 Å². The quantitative estimate of drug-likeness (QED) is 0.765. The topological polar surface area (TPSA) is 85.8 Å². The summed E-state index contributed by atoms with van der Waals surface area (Å²) in [5, 5.41) is 6.79. The first kappa shape index (κ1) is 16.4. The Labute approximate surface area is 146 Å². The molecule has 0 saturated carbocycles. The average Bonchev–Trinajstić information content (AvgIpc) is 3.22. The lowest BCUT2D eigenvalue weighted by atomic mass is 10.1. The summed E-state index contributed by atoms with van der Waals surface area (Å²) >= 11 is 0. The zero-order valence-corrected chi connectivity index (χ0v) is 14.0. The maximum atomic E-state index is 12.6. The van der Waals surface area contributed by atoms with Crippen LogP contribution in [0, 0.1) is 13.8 Å². The molecular formula is C18H19N5O2. The van der Waals surface area contributed by atoms with Crippen LogP contribution in [-0.4, -0.2) is 25.6 Å². The molecule has 0 aliphatic heterocycles. The van der Waals surface area contributed by atoms with E-state index in [0.717, 1.165) is 11.1 Å². The molecule has 25 heavy (non-hydrogen) atoms. The highest BCUT2D eigenvalue weighted by molar-refractivity contribution is 6.04. The van der Waals surface area contributed by atoms with Gasteiger partial charge >= 0.3 is 0 Å². The van der Waals surface area contributed by atoms with E-state index in [2.05, 4.69) is 33.6 Å². The minimum atomic E-state index is -0.301. The predicted octanol–water partition coefficient (Wildman–Crippen LogP) is 3.79. The van der Waals surface area contributed by atoms with Crippen molar-refractivity contribution in [1.82, 2.24) is 19.7 Å². The van der Waals surface area contributed by atoms with Gasteiger partial charge in [0.05, 0.1) is 6.20 Å². The number of nitrogens with one attached hydrogen (secondary N) is 1. The van der Waals surface area contributed by atoms with Crippen molar-refractivity contribution in [2.24, 2.45) is 0 Å². The molecule has 3 rings (SSSR count). The second kappa shape index (κ2) is 6.56. The third-order valence-corrected chi connectivity index (χ3v) is 3.69. The Morgan fingerprint density at radius 2 is 2.16 bits per heavy atom. The third-order valence-electron chi connectivity index (χ3n) is 3.69. The highest BCUT2D eigenvalue weighted by atomic mass is 16.5. The second-order valence-electron chi connectivity index (χ2n) is 5.38. The van der Waals surface area contributed by atoms with Crippen LogP contribution in [0.2, 0.25) is 0 Å². The molecule has 128 valence electrons. The molecule has 2 aromatic heterocycles. The van der Waals surface area contributed by atoms with Gasteiger partial charge in [0.2, 0.25) is 11.7 Å². The van der Waals surface area contributed by atoms with Crippen molar-refractivity contribution in [3.05, 3.63) is 60.5 Å². The molecule has 1 N–H and O–H groups in total. The molecule has 0 bridgehead atoms. The number of aromatic nitrogens is 4. The predicted molar refractivity (Wildman–Crippen MR) is 98.0 cm³/mol. The largest absolute Gasteiger partial charge is 0.339 e. The molecular weight excluding hydrogens is 318 g/mol. The molecule has 3 aromatic rings. The van der Waals surface area contributed by atoms with Crippen molar-refractivity contribution in [3.8, 4) is 11.4 Å². The summed E-state index contributed by atoms with van der Waals surface area (Å²) in [4.78, 5) is 21.0. The molecule has 0 radical (unpaired) electrons. The zero-order chi connectivity index (χ0) is 18.0. The number of amides is 1. The van der Waals surface area contributed by atoms with Crippen LogP contribution < -0.4 is 5.32 Å². The standard InChI is InChI=1S/C18H17N5O2.H2/c1-5-16-19-10-15(23(16)6-2)18(24)21-14-9-13(8-7-11(14)3)17-20-12(4)25-22-17;/h5-10H,1-2H2,3-4H3,(H,21,24);1H. The number of nitrogens with zero attached hydrogens (tertiary/aromatic N) is 4. The Kier molecular flexibility index (Phi) is 4.30. The Hall–Kier alpha value is -3.48. The highest BCUT2D eigenvalue weighted by Crippen LogP contribution is 2.24. The van der Waals surface area contributed by atoms with Crippen molar-refractivity contribution >= 4 is 23.9 Å². The molecule has 0 atom stereocenters. The van der Waals surface area contributed by atoms with Gasteiger partial charge in [0.15, 0.2) is 0 Å². The van der Waals surface area contributed by atoms with Crippen LogP contribution in [-0.2, 0) is 0 Å². The number of benzene rings is 1. The molecule has 1 amide bonds. The van der Waals surface area contributed by atoms with E-state index in [1.165, 1.54) is 12.4 Å². The molecule has 1 aromatic carbocycles.